The Morgan fingerprint density at radius 1 is 1.31 bits per heavy atom. The predicted molar refractivity (Wildman–Crippen MR) is 98.4 cm³/mol. The highest BCUT2D eigenvalue weighted by molar-refractivity contribution is 14.1. The molecule has 0 aliphatic carbocycles. The van der Waals surface area contributed by atoms with Crippen LogP contribution in [0.5, 0.6) is 5.95 Å². The summed E-state index contributed by atoms with van der Waals surface area (Å²) in [6.45, 7) is 3.74. The number of furan rings is 1. The number of ether oxygens (including phenoxy) is 1. The second-order valence-corrected chi connectivity index (χ2v) is 7.98. The third-order valence-electron chi connectivity index (χ3n) is 3.15. The van der Waals surface area contributed by atoms with Gasteiger partial charge >= 0.3 is 13.5 Å². The average molecular weight is 496 g/mol. The van der Waals surface area contributed by atoms with Crippen molar-refractivity contribution in [2.45, 2.75) is 13.8 Å². The first-order valence-corrected chi connectivity index (χ1v) is 10.4. The van der Waals surface area contributed by atoms with Crippen molar-refractivity contribution in [1.82, 2.24) is 19.9 Å². The Balaban J connectivity index is 1.86. The maximum Gasteiger partial charge on any atom is 0.367 e. The van der Waals surface area contributed by atoms with Crippen LogP contribution in [-0.4, -0.2) is 39.5 Å². The molecular formula is C14H15FIN4O5P. The van der Waals surface area contributed by atoms with Crippen LogP contribution < -0.4 is 4.74 Å². The van der Waals surface area contributed by atoms with Crippen molar-refractivity contribution in [1.29, 1.82) is 0 Å². The van der Waals surface area contributed by atoms with Crippen LogP contribution in [0.4, 0.5) is 4.39 Å². The van der Waals surface area contributed by atoms with Gasteiger partial charge in [-0.15, -0.1) is 0 Å². The van der Waals surface area contributed by atoms with E-state index in [-0.39, 0.29) is 34.3 Å². The van der Waals surface area contributed by atoms with Gasteiger partial charge in [0, 0.05) is 0 Å². The van der Waals surface area contributed by atoms with Gasteiger partial charge in [-0.2, -0.15) is 0 Å². The first-order valence-electron chi connectivity index (χ1n) is 7.62. The van der Waals surface area contributed by atoms with Crippen molar-refractivity contribution in [2.75, 3.05) is 19.6 Å². The first kappa shape index (κ1) is 19.2. The summed E-state index contributed by atoms with van der Waals surface area (Å²) in [4.78, 5) is 15.0. The predicted octanol–water partition coefficient (Wildman–Crippen LogP) is 3.96. The fraction of sp³-hybridized carbons (Fsp3) is 0.357. The van der Waals surface area contributed by atoms with Gasteiger partial charge in [-0.3, -0.25) is 4.57 Å². The smallest absolute Gasteiger partial charge is 0.367 e. The molecule has 3 rings (SSSR count). The van der Waals surface area contributed by atoms with Gasteiger partial charge in [0.15, 0.2) is 17.8 Å². The van der Waals surface area contributed by atoms with Crippen molar-refractivity contribution in [2.24, 2.45) is 0 Å². The number of H-pyrrole nitrogens is 1. The summed E-state index contributed by atoms with van der Waals surface area (Å²) in [5.41, 5.74) is 0.988. The van der Waals surface area contributed by atoms with Gasteiger partial charge in [-0.1, -0.05) is 0 Å². The van der Waals surface area contributed by atoms with E-state index in [1.165, 1.54) is 12.5 Å². The number of rotatable bonds is 8. The highest BCUT2D eigenvalue weighted by atomic mass is 127. The number of aromatic amines is 1. The third-order valence-corrected chi connectivity index (χ3v) is 5.81. The third kappa shape index (κ3) is 3.90. The van der Waals surface area contributed by atoms with Crippen LogP contribution in [0.25, 0.3) is 22.7 Å². The molecule has 3 aromatic heterocycles. The summed E-state index contributed by atoms with van der Waals surface area (Å²) in [6.07, 6.45) is 2.52. The molecule has 0 aliphatic rings. The first-order chi connectivity index (χ1) is 12.5. The molecule has 3 heterocycles. The molecule has 0 atom stereocenters. The monoisotopic (exact) mass is 496 g/mol. The lowest BCUT2D eigenvalue weighted by atomic mass is 10.4. The molecule has 140 valence electrons. The molecule has 0 aliphatic heterocycles. The second kappa shape index (κ2) is 7.99. The largest absolute Gasteiger partial charge is 0.451 e. The number of nitrogens with one attached hydrogen (secondary N) is 1. The maximum absolute atomic E-state index is 14.5. The zero-order valence-corrected chi connectivity index (χ0v) is 16.9. The van der Waals surface area contributed by atoms with Crippen molar-refractivity contribution < 1.29 is 27.2 Å². The lowest BCUT2D eigenvalue weighted by Gasteiger charge is -2.16. The molecule has 3 aromatic rings. The van der Waals surface area contributed by atoms with Gasteiger partial charge in [0.25, 0.3) is 0 Å². The van der Waals surface area contributed by atoms with E-state index in [4.69, 9.17) is 18.2 Å². The average Bonchev–Trinajstić information content (AvgIpc) is 3.19. The van der Waals surface area contributed by atoms with E-state index in [1.54, 1.807) is 36.4 Å². The topological polar surface area (TPSA) is 112 Å². The lowest BCUT2D eigenvalue weighted by Crippen LogP contribution is -2.05. The Kier molecular flexibility index (Phi) is 5.90. The number of halogens is 2. The molecule has 0 saturated heterocycles. The Morgan fingerprint density at radius 3 is 2.73 bits per heavy atom. The molecule has 0 unspecified atom stereocenters. The van der Waals surface area contributed by atoms with Crippen LogP contribution in [0, 0.1) is 9.39 Å². The fourth-order valence-corrected chi connectivity index (χ4v) is 3.89. The maximum atomic E-state index is 14.5. The van der Waals surface area contributed by atoms with Crippen LogP contribution in [-0.2, 0) is 13.6 Å². The molecule has 26 heavy (non-hydrogen) atoms. The van der Waals surface area contributed by atoms with Gasteiger partial charge < -0.3 is 23.2 Å². The molecule has 0 saturated carbocycles. The molecule has 1 N–H and O–H groups in total. The van der Waals surface area contributed by atoms with E-state index >= 15 is 0 Å². The molecular weight excluding hydrogens is 481 g/mol. The fourth-order valence-electron chi connectivity index (χ4n) is 2.10. The van der Waals surface area contributed by atoms with Gasteiger partial charge in [0.05, 0.1) is 25.7 Å². The van der Waals surface area contributed by atoms with Crippen LogP contribution in [0.15, 0.2) is 16.9 Å². The number of hydrogen-bond donors (Lipinski definition) is 1. The van der Waals surface area contributed by atoms with Crippen molar-refractivity contribution in [3.8, 4) is 17.5 Å². The molecule has 0 fully saturated rings. The Morgan fingerprint density at radius 2 is 2.04 bits per heavy atom. The van der Waals surface area contributed by atoms with E-state index in [0.29, 0.717) is 11.2 Å². The molecule has 0 amide bonds. The van der Waals surface area contributed by atoms with Crippen molar-refractivity contribution >= 4 is 41.4 Å². The van der Waals surface area contributed by atoms with E-state index in [2.05, 4.69) is 19.9 Å². The van der Waals surface area contributed by atoms with E-state index in [1.807, 2.05) is 0 Å². The zero-order chi connectivity index (χ0) is 18.7. The van der Waals surface area contributed by atoms with Crippen molar-refractivity contribution in [3.63, 3.8) is 0 Å². The number of hydrogen-bond acceptors (Lipinski definition) is 8. The van der Waals surface area contributed by atoms with Crippen LogP contribution in [0.2, 0.25) is 0 Å². The molecule has 0 spiro atoms. The van der Waals surface area contributed by atoms with Crippen LogP contribution in [0.1, 0.15) is 13.8 Å². The summed E-state index contributed by atoms with van der Waals surface area (Å²) in [5.74, 6) is -1.01. The summed E-state index contributed by atoms with van der Waals surface area (Å²) in [6, 6.07) is 0. The van der Waals surface area contributed by atoms with Crippen molar-refractivity contribution in [3.05, 3.63) is 21.9 Å². The van der Waals surface area contributed by atoms with E-state index in [0.717, 1.165) is 0 Å². The quantitative estimate of drug-likeness (QED) is 0.369. The normalized spacial score (nSPS) is 12.0. The van der Waals surface area contributed by atoms with Gasteiger partial charge in [0.1, 0.15) is 9.09 Å². The molecule has 0 bridgehead atoms. The summed E-state index contributed by atoms with van der Waals surface area (Å²) < 4.78 is 48.1. The highest BCUT2D eigenvalue weighted by Gasteiger charge is 2.29. The van der Waals surface area contributed by atoms with Crippen LogP contribution in [0.3, 0.4) is 0 Å². The molecule has 12 heteroatoms. The minimum atomic E-state index is -3.46. The van der Waals surface area contributed by atoms with E-state index in [9.17, 15) is 8.96 Å². The molecule has 0 radical (unpaired) electrons. The van der Waals surface area contributed by atoms with Crippen LogP contribution >= 0.6 is 30.2 Å². The molecule has 0 aromatic carbocycles. The minimum absolute atomic E-state index is 0.0210. The standard InChI is InChI=1S/C14H15FIN4O5P/c1-3-23-26(21,24-4-2)7-22-14-10(16)9(15)11(25-14)13-17-5-8-12(20-13)19-6-18-8/h5-6H,3-4,7H2,1-2H3,(H,17,18,19,20). The number of fused-ring (bicyclic) bond motifs is 1. The number of nitrogens with zero attached hydrogens (tertiary/aromatic N) is 3. The summed E-state index contributed by atoms with van der Waals surface area (Å²) in [5, 5.41) is 0. The summed E-state index contributed by atoms with van der Waals surface area (Å²) in [7, 11) is -3.46. The molecule has 9 nitrogen and oxygen atoms in total. The van der Waals surface area contributed by atoms with Gasteiger partial charge in [-0.25, -0.2) is 19.3 Å². The Labute approximate surface area is 161 Å². The summed E-state index contributed by atoms with van der Waals surface area (Å²) >= 11 is 1.72. The van der Waals surface area contributed by atoms with E-state index < -0.39 is 19.8 Å². The number of aromatic nitrogens is 4. The SMILES string of the molecule is CCOP(=O)(COc1oc(-c2ncc3[nH]cnc3n2)c(F)c1I)OCC. The minimum Gasteiger partial charge on any atom is -0.451 e. The highest BCUT2D eigenvalue weighted by Crippen LogP contribution is 2.48. The van der Waals surface area contributed by atoms with Gasteiger partial charge in [-0.05, 0) is 36.4 Å². The zero-order valence-electron chi connectivity index (χ0n) is 13.9. The number of imidazole rings is 1. The Hall–Kier alpha value is -1.56. The van der Waals surface area contributed by atoms with Gasteiger partial charge in [0.2, 0.25) is 11.6 Å². The Bertz CT molecular complexity index is 952. The lowest BCUT2D eigenvalue weighted by molar-refractivity contribution is 0.185. The second-order valence-electron chi connectivity index (χ2n) is 4.90.